The standard InChI is InChI=1S/C13H20N2O4S/c1-10-4-5-11(14-13(7-16)8-19-9-13)6-12(10)20(17,18)15(2)3/h4-6,14,16H,7-9H2,1-3H3. The summed E-state index contributed by atoms with van der Waals surface area (Å²) in [5, 5.41) is 12.6. The molecule has 0 unspecified atom stereocenters. The molecular formula is C13H20N2O4S. The summed E-state index contributed by atoms with van der Waals surface area (Å²) in [5.41, 5.74) is 0.842. The van der Waals surface area contributed by atoms with E-state index >= 15 is 0 Å². The highest BCUT2D eigenvalue weighted by Gasteiger charge is 2.38. The lowest BCUT2D eigenvalue weighted by atomic mass is 9.98. The molecule has 1 aromatic rings. The summed E-state index contributed by atoms with van der Waals surface area (Å²) < 4.78 is 30.8. The predicted molar refractivity (Wildman–Crippen MR) is 76.3 cm³/mol. The van der Waals surface area contributed by atoms with E-state index in [2.05, 4.69) is 5.32 Å². The Labute approximate surface area is 119 Å². The summed E-state index contributed by atoms with van der Waals surface area (Å²) in [6, 6.07) is 5.16. The number of benzene rings is 1. The molecule has 6 nitrogen and oxygen atoms in total. The molecule has 2 rings (SSSR count). The van der Waals surface area contributed by atoms with Gasteiger partial charge in [-0.1, -0.05) is 6.07 Å². The van der Waals surface area contributed by atoms with Crippen LogP contribution in [0.3, 0.4) is 0 Å². The van der Waals surface area contributed by atoms with Crippen molar-refractivity contribution in [2.45, 2.75) is 17.4 Å². The zero-order valence-electron chi connectivity index (χ0n) is 11.9. The molecule has 0 radical (unpaired) electrons. The molecule has 0 spiro atoms. The molecule has 2 N–H and O–H groups in total. The van der Waals surface area contributed by atoms with E-state index < -0.39 is 15.6 Å². The molecule has 1 aliphatic rings. The number of sulfonamides is 1. The SMILES string of the molecule is Cc1ccc(NC2(CO)COC2)cc1S(=O)(=O)N(C)C. The normalized spacial score (nSPS) is 17.9. The third-order valence-corrected chi connectivity index (χ3v) is 5.37. The van der Waals surface area contributed by atoms with E-state index in [0.29, 0.717) is 24.5 Å². The summed E-state index contributed by atoms with van der Waals surface area (Å²) in [5.74, 6) is 0. The van der Waals surface area contributed by atoms with Crippen LogP contribution in [0.5, 0.6) is 0 Å². The first kappa shape index (κ1) is 15.2. The fourth-order valence-electron chi connectivity index (χ4n) is 2.01. The summed E-state index contributed by atoms with van der Waals surface area (Å²) in [6.45, 7) is 2.52. The van der Waals surface area contributed by atoms with Gasteiger partial charge in [-0.05, 0) is 24.6 Å². The van der Waals surface area contributed by atoms with Gasteiger partial charge in [-0.25, -0.2) is 12.7 Å². The number of aryl methyl sites for hydroxylation is 1. The second kappa shape index (κ2) is 5.33. The number of anilines is 1. The van der Waals surface area contributed by atoms with Crippen molar-refractivity contribution in [2.24, 2.45) is 0 Å². The monoisotopic (exact) mass is 300 g/mol. The molecule has 1 fully saturated rings. The van der Waals surface area contributed by atoms with E-state index in [1.807, 2.05) is 0 Å². The number of hydrogen-bond donors (Lipinski definition) is 2. The van der Waals surface area contributed by atoms with Gasteiger partial charge in [0.25, 0.3) is 0 Å². The summed E-state index contributed by atoms with van der Waals surface area (Å²) in [6.07, 6.45) is 0. The van der Waals surface area contributed by atoms with Crippen LogP contribution in [0.1, 0.15) is 5.56 Å². The highest BCUT2D eigenvalue weighted by molar-refractivity contribution is 7.89. The van der Waals surface area contributed by atoms with Crippen molar-refractivity contribution >= 4 is 15.7 Å². The van der Waals surface area contributed by atoms with E-state index in [1.54, 1.807) is 25.1 Å². The number of nitrogens with zero attached hydrogens (tertiary/aromatic N) is 1. The fourth-order valence-corrected chi connectivity index (χ4v) is 3.15. The Morgan fingerprint density at radius 3 is 2.50 bits per heavy atom. The van der Waals surface area contributed by atoms with Gasteiger partial charge in [-0.15, -0.1) is 0 Å². The van der Waals surface area contributed by atoms with Gasteiger partial charge in [-0.3, -0.25) is 0 Å². The summed E-state index contributed by atoms with van der Waals surface area (Å²) in [4.78, 5) is 0.265. The number of ether oxygens (including phenoxy) is 1. The van der Waals surface area contributed by atoms with Crippen LogP contribution in [-0.2, 0) is 14.8 Å². The molecule has 0 bridgehead atoms. The lowest BCUT2D eigenvalue weighted by molar-refractivity contribution is -0.0650. The van der Waals surface area contributed by atoms with E-state index in [0.717, 1.165) is 0 Å². The Morgan fingerprint density at radius 2 is 2.05 bits per heavy atom. The van der Waals surface area contributed by atoms with Gasteiger partial charge in [0.15, 0.2) is 0 Å². The molecule has 112 valence electrons. The third-order valence-electron chi connectivity index (χ3n) is 3.42. The summed E-state index contributed by atoms with van der Waals surface area (Å²) in [7, 11) is -0.474. The summed E-state index contributed by atoms with van der Waals surface area (Å²) >= 11 is 0. The van der Waals surface area contributed by atoms with Gasteiger partial charge in [0.2, 0.25) is 10.0 Å². The average molecular weight is 300 g/mol. The van der Waals surface area contributed by atoms with E-state index in [-0.39, 0.29) is 11.5 Å². The van der Waals surface area contributed by atoms with Gasteiger partial charge in [-0.2, -0.15) is 0 Å². The lowest BCUT2D eigenvalue weighted by Gasteiger charge is -2.41. The molecule has 1 heterocycles. The second-order valence-corrected chi connectivity index (χ2v) is 7.44. The zero-order valence-corrected chi connectivity index (χ0v) is 12.7. The molecule has 0 saturated carbocycles. The van der Waals surface area contributed by atoms with Crippen LogP contribution >= 0.6 is 0 Å². The maximum Gasteiger partial charge on any atom is 0.242 e. The molecule has 1 aliphatic heterocycles. The van der Waals surface area contributed by atoms with Gasteiger partial charge >= 0.3 is 0 Å². The van der Waals surface area contributed by atoms with Crippen molar-refractivity contribution < 1.29 is 18.3 Å². The average Bonchev–Trinajstić information content (AvgIpc) is 2.35. The predicted octanol–water partition coefficient (Wildman–Crippen LogP) is 0.419. The Hall–Kier alpha value is -1.15. The molecule has 20 heavy (non-hydrogen) atoms. The van der Waals surface area contributed by atoms with Crippen LogP contribution in [0.4, 0.5) is 5.69 Å². The number of aliphatic hydroxyl groups excluding tert-OH is 1. The highest BCUT2D eigenvalue weighted by Crippen LogP contribution is 2.27. The van der Waals surface area contributed by atoms with E-state index in [1.165, 1.54) is 18.4 Å². The van der Waals surface area contributed by atoms with Crippen molar-refractivity contribution in [3.63, 3.8) is 0 Å². The minimum atomic E-state index is -3.48. The molecule has 7 heteroatoms. The lowest BCUT2D eigenvalue weighted by Crippen LogP contribution is -2.58. The van der Waals surface area contributed by atoms with Crippen molar-refractivity contribution in [1.29, 1.82) is 0 Å². The zero-order chi connectivity index (χ0) is 15.0. The number of nitrogens with one attached hydrogen (secondary N) is 1. The van der Waals surface area contributed by atoms with Gasteiger partial charge in [0.05, 0.1) is 24.7 Å². The largest absolute Gasteiger partial charge is 0.394 e. The van der Waals surface area contributed by atoms with Crippen molar-refractivity contribution in [2.75, 3.05) is 39.2 Å². The van der Waals surface area contributed by atoms with Crippen molar-refractivity contribution in [3.8, 4) is 0 Å². The van der Waals surface area contributed by atoms with E-state index in [4.69, 9.17) is 4.74 Å². The van der Waals surface area contributed by atoms with Crippen LogP contribution in [0.2, 0.25) is 0 Å². The molecule has 0 amide bonds. The van der Waals surface area contributed by atoms with E-state index in [9.17, 15) is 13.5 Å². The third kappa shape index (κ3) is 2.67. The number of hydrogen-bond acceptors (Lipinski definition) is 5. The van der Waals surface area contributed by atoms with Gasteiger partial charge in [0.1, 0.15) is 5.54 Å². The molecular weight excluding hydrogens is 280 g/mol. The number of aliphatic hydroxyl groups is 1. The first-order valence-electron chi connectivity index (χ1n) is 6.31. The van der Waals surface area contributed by atoms with Crippen LogP contribution in [0.25, 0.3) is 0 Å². The molecule has 1 saturated heterocycles. The Morgan fingerprint density at radius 1 is 1.40 bits per heavy atom. The van der Waals surface area contributed by atoms with Crippen LogP contribution < -0.4 is 5.32 Å². The smallest absolute Gasteiger partial charge is 0.242 e. The second-order valence-electron chi connectivity index (χ2n) is 5.32. The molecule has 0 atom stereocenters. The Balaban J connectivity index is 2.34. The topological polar surface area (TPSA) is 78.9 Å². The highest BCUT2D eigenvalue weighted by atomic mass is 32.2. The Kier molecular flexibility index (Phi) is 4.06. The van der Waals surface area contributed by atoms with Gasteiger partial charge in [0, 0.05) is 19.8 Å². The van der Waals surface area contributed by atoms with Crippen molar-refractivity contribution in [1.82, 2.24) is 4.31 Å². The van der Waals surface area contributed by atoms with Crippen LogP contribution in [-0.4, -0.2) is 57.3 Å². The molecule has 0 aromatic heterocycles. The van der Waals surface area contributed by atoms with Crippen LogP contribution in [0, 0.1) is 6.92 Å². The maximum atomic E-state index is 12.2. The van der Waals surface area contributed by atoms with Crippen molar-refractivity contribution in [3.05, 3.63) is 23.8 Å². The van der Waals surface area contributed by atoms with Gasteiger partial charge < -0.3 is 15.2 Å². The minimum absolute atomic E-state index is 0.0589. The first-order chi connectivity index (χ1) is 9.31. The molecule has 0 aliphatic carbocycles. The fraction of sp³-hybridized carbons (Fsp3) is 0.538. The number of rotatable bonds is 5. The first-order valence-corrected chi connectivity index (χ1v) is 7.75. The maximum absolute atomic E-state index is 12.2. The minimum Gasteiger partial charge on any atom is -0.394 e. The molecule has 1 aromatic carbocycles. The van der Waals surface area contributed by atoms with Crippen LogP contribution in [0.15, 0.2) is 23.1 Å². The Bertz CT molecular complexity index is 589. The quantitative estimate of drug-likeness (QED) is 0.824.